The summed E-state index contributed by atoms with van der Waals surface area (Å²) in [6.07, 6.45) is 0. The van der Waals surface area contributed by atoms with Crippen LogP contribution in [0.1, 0.15) is 0 Å². The van der Waals surface area contributed by atoms with Crippen molar-refractivity contribution in [3.63, 3.8) is 0 Å². The Labute approximate surface area is 96.9 Å². The summed E-state index contributed by atoms with van der Waals surface area (Å²) in [4.78, 5) is 0. The molecule has 1 aromatic rings. The quantitative estimate of drug-likeness (QED) is 0.524. The fraction of sp³-hybridized carbons (Fsp3) is 0.500. The molecule has 0 aromatic heterocycles. The van der Waals surface area contributed by atoms with Crippen molar-refractivity contribution in [2.75, 3.05) is 41.5 Å². The zero-order valence-corrected chi connectivity index (χ0v) is 10.2. The van der Waals surface area contributed by atoms with E-state index in [1.807, 2.05) is 18.2 Å². The number of ether oxygens (including phenoxy) is 3. The summed E-state index contributed by atoms with van der Waals surface area (Å²) in [6.45, 7) is 1.56. The SMILES string of the molecule is COC[N+](COC)(COC)c1ccccc1. The minimum atomic E-state index is 0.504. The van der Waals surface area contributed by atoms with E-state index in [2.05, 4.69) is 12.1 Å². The highest BCUT2D eigenvalue weighted by Gasteiger charge is 2.30. The average Bonchev–Trinajstić information content (AvgIpc) is 2.31. The van der Waals surface area contributed by atoms with E-state index in [4.69, 9.17) is 14.2 Å². The second kappa shape index (κ2) is 6.60. The molecule has 0 radical (unpaired) electrons. The third-order valence-corrected chi connectivity index (χ3v) is 2.43. The maximum Gasteiger partial charge on any atom is 0.191 e. The van der Waals surface area contributed by atoms with Crippen molar-refractivity contribution in [2.45, 2.75) is 0 Å². The van der Waals surface area contributed by atoms with Gasteiger partial charge in [0.25, 0.3) is 0 Å². The highest BCUT2D eigenvalue weighted by atomic mass is 16.5. The van der Waals surface area contributed by atoms with Crippen molar-refractivity contribution in [2.24, 2.45) is 0 Å². The first-order chi connectivity index (χ1) is 7.79. The molecular weight excluding hydrogens is 206 g/mol. The molecule has 16 heavy (non-hydrogen) atoms. The molecule has 90 valence electrons. The van der Waals surface area contributed by atoms with Gasteiger partial charge in [0.2, 0.25) is 0 Å². The number of benzene rings is 1. The number of quaternary nitrogens is 1. The second-order valence-electron chi connectivity index (χ2n) is 3.73. The molecule has 4 nitrogen and oxygen atoms in total. The predicted molar refractivity (Wildman–Crippen MR) is 63.9 cm³/mol. The van der Waals surface area contributed by atoms with Gasteiger partial charge in [-0.05, 0) is 12.1 Å². The van der Waals surface area contributed by atoms with Crippen LogP contribution in [-0.2, 0) is 14.2 Å². The van der Waals surface area contributed by atoms with Crippen LogP contribution >= 0.6 is 0 Å². The Balaban J connectivity index is 2.99. The molecule has 0 aliphatic carbocycles. The fourth-order valence-electron chi connectivity index (χ4n) is 1.82. The van der Waals surface area contributed by atoms with Crippen molar-refractivity contribution in [3.8, 4) is 0 Å². The van der Waals surface area contributed by atoms with E-state index in [-0.39, 0.29) is 0 Å². The number of hydrogen-bond acceptors (Lipinski definition) is 3. The van der Waals surface area contributed by atoms with Crippen LogP contribution in [0, 0.1) is 0 Å². The van der Waals surface area contributed by atoms with Crippen molar-refractivity contribution in [3.05, 3.63) is 30.3 Å². The molecule has 0 saturated carbocycles. The lowest BCUT2D eigenvalue weighted by atomic mass is 10.3. The summed E-state index contributed by atoms with van der Waals surface area (Å²) in [5.74, 6) is 0. The van der Waals surface area contributed by atoms with Gasteiger partial charge in [0, 0.05) is 21.3 Å². The normalized spacial score (nSPS) is 11.7. The van der Waals surface area contributed by atoms with E-state index < -0.39 is 0 Å². The molecular formula is C12H20NO3+. The molecule has 0 atom stereocenters. The van der Waals surface area contributed by atoms with E-state index in [9.17, 15) is 0 Å². The van der Waals surface area contributed by atoms with Gasteiger partial charge in [-0.1, -0.05) is 18.2 Å². The lowest BCUT2D eigenvalue weighted by molar-refractivity contribution is -0.0624. The van der Waals surface area contributed by atoms with E-state index in [0.717, 1.165) is 5.69 Å². The first kappa shape index (κ1) is 13.1. The van der Waals surface area contributed by atoms with Gasteiger partial charge < -0.3 is 14.2 Å². The zero-order valence-electron chi connectivity index (χ0n) is 10.2. The standard InChI is InChI=1S/C12H20NO3/c1-14-9-13(10-15-2,11-16-3)12-7-5-4-6-8-12/h4-8H,9-11H2,1-3H3/q+1. The topological polar surface area (TPSA) is 27.7 Å². The van der Waals surface area contributed by atoms with Crippen LogP contribution in [-0.4, -0.2) is 41.5 Å². The minimum Gasteiger partial charge on any atom is -0.334 e. The summed E-state index contributed by atoms with van der Waals surface area (Å²) >= 11 is 0. The Kier molecular flexibility index (Phi) is 5.42. The minimum absolute atomic E-state index is 0.504. The average molecular weight is 226 g/mol. The first-order valence-electron chi connectivity index (χ1n) is 5.17. The molecule has 0 aliphatic rings. The van der Waals surface area contributed by atoms with Crippen molar-refractivity contribution in [1.29, 1.82) is 0 Å². The largest absolute Gasteiger partial charge is 0.334 e. The lowest BCUT2D eigenvalue weighted by Crippen LogP contribution is -2.53. The third kappa shape index (κ3) is 3.02. The van der Waals surface area contributed by atoms with Crippen LogP contribution in [0.3, 0.4) is 0 Å². The Morgan fingerprint density at radius 2 is 1.25 bits per heavy atom. The summed E-state index contributed by atoms with van der Waals surface area (Å²) < 4.78 is 16.3. The Bertz CT molecular complexity index is 273. The maximum atomic E-state index is 5.28. The van der Waals surface area contributed by atoms with Crippen molar-refractivity contribution >= 4 is 5.69 Å². The van der Waals surface area contributed by atoms with Crippen LogP contribution in [0.15, 0.2) is 30.3 Å². The molecule has 0 unspecified atom stereocenters. The smallest absolute Gasteiger partial charge is 0.191 e. The second-order valence-corrected chi connectivity index (χ2v) is 3.73. The highest BCUT2D eigenvalue weighted by Crippen LogP contribution is 2.22. The number of para-hydroxylation sites is 1. The summed E-state index contributed by atoms with van der Waals surface area (Å²) in [5, 5.41) is 0. The van der Waals surface area contributed by atoms with Gasteiger partial charge in [-0.15, -0.1) is 0 Å². The van der Waals surface area contributed by atoms with Crippen LogP contribution < -0.4 is 4.48 Å². The van der Waals surface area contributed by atoms with Crippen molar-refractivity contribution in [1.82, 2.24) is 4.48 Å². The van der Waals surface area contributed by atoms with Gasteiger partial charge in [0.1, 0.15) is 5.69 Å². The van der Waals surface area contributed by atoms with Crippen LogP contribution in [0.25, 0.3) is 0 Å². The van der Waals surface area contributed by atoms with Crippen molar-refractivity contribution < 1.29 is 14.2 Å². The zero-order chi connectivity index (χ0) is 11.9. The number of nitrogens with zero attached hydrogens (tertiary/aromatic N) is 1. The molecule has 0 amide bonds. The van der Waals surface area contributed by atoms with Gasteiger partial charge in [-0.2, -0.15) is 0 Å². The van der Waals surface area contributed by atoms with E-state index >= 15 is 0 Å². The molecule has 0 spiro atoms. The van der Waals surface area contributed by atoms with Gasteiger partial charge in [0.05, 0.1) is 0 Å². The van der Waals surface area contributed by atoms with Gasteiger partial charge in [-0.3, -0.25) is 0 Å². The summed E-state index contributed by atoms with van der Waals surface area (Å²) in [7, 11) is 5.05. The monoisotopic (exact) mass is 226 g/mol. The number of hydrogen-bond donors (Lipinski definition) is 0. The van der Waals surface area contributed by atoms with Crippen LogP contribution in [0.4, 0.5) is 5.69 Å². The molecule has 0 fully saturated rings. The van der Waals surface area contributed by atoms with Gasteiger partial charge in [-0.25, -0.2) is 4.48 Å². The molecule has 0 bridgehead atoms. The predicted octanol–water partition coefficient (Wildman–Crippen LogP) is 1.81. The molecule has 0 aliphatic heterocycles. The Morgan fingerprint density at radius 3 is 1.62 bits per heavy atom. The fourth-order valence-corrected chi connectivity index (χ4v) is 1.82. The Morgan fingerprint density at radius 1 is 0.812 bits per heavy atom. The highest BCUT2D eigenvalue weighted by molar-refractivity contribution is 5.41. The van der Waals surface area contributed by atoms with E-state index in [1.165, 1.54) is 0 Å². The molecule has 0 heterocycles. The van der Waals surface area contributed by atoms with Crippen LogP contribution in [0.2, 0.25) is 0 Å². The Hall–Kier alpha value is -0.940. The molecule has 0 saturated heterocycles. The first-order valence-corrected chi connectivity index (χ1v) is 5.17. The molecule has 1 rings (SSSR count). The summed E-state index contributed by atoms with van der Waals surface area (Å²) in [5.41, 5.74) is 1.12. The van der Waals surface area contributed by atoms with E-state index in [1.54, 1.807) is 21.3 Å². The third-order valence-electron chi connectivity index (χ3n) is 2.43. The van der Waals surface area contributed by atoms with Gasteiger partial charge >= 0.3 is 0 Å². The maximum absolute atomic E-state index is 5.28. The number of rotatable bonds is 7. The summed E-state index contributed by atoms with van der Waals surface area (Å²) in [6, 6.07) is 10.1. The molecule has 1 aromatic carbocycles. The van der Waals surface area contributed by atoms with Gasteiger partial charge in [0.15, 0.2) is 20.2 Å². The van der Waals surface area contributed by atoms with Crippen LogP contribution in [0.5, 0.6) is 0 Å². The lowest BCUT2D eigenvalue weighted by Gasteiger charge is -2.35. The molecule has 0 N–H and O–H groups in total. The molecule has 4 heteroatoms. The number of methoxy groups -OCH3 is 3. The van der Waals surface area contributed by atoms with E-state index in [0.29, 0.717) is 24.7 Å².